The molecule has 13 heavy (non-hydrogen) atoms. The third-order valence-corrected chi connectivity index (χ3v) is 1.75. The molecule has 0 radical (unpaired) electrons. The summed E-state index contributed by atoms with van der Waals surface area (Å²) in [6, 6.07) is 5.85. The predicted molar refractivity (Wildman–Crippen MR) is 49.0 cm³/mol. The first kappa shape index (κ1) is 7.91. The number of rotatable bonds is 1. The topological polar surface area (TPSA) is 43.6 Å². The van der Waals surface area contributed by atoms with Gasteiger partial charge in [0, 0.05) is 12.7 Å². The van der Waals surface area contributed by atoms with Crippen LogP contribution in [0.5, 0.6) is 0 Å². The van der Waals surface area contributed by atoms with E-state index in [2.05, 4.69) is 15.3 Å². The summed E-state index contributed by atoms with van der Waals surface area (Å²) in [6.45, 7) is 1.96. The van der Waals surface area contributed by atoms with E-state index in [1.807, 2.05) is 38.4 Å². The molecule has 0 aliphatic heterocycles. The molecule has 0 N–H and O–H groups in total. The van der Waals surface area contributed by atoms with Gasteiger partial charge >= 0.3 is 0 Å². The number of hydrogen-bond acceptors (Lipinski definition) is 3. The second-order valence-electron chi connectivity index (χ2n) is 2.94. The molecule has 0 atom stereocenters. The molecule has 2 heterocycles. The third-order valence-electron chi connectivity index (χ3n) is 1.75. The van der Waals surface area contributed by atoms with Crippen LogP contribution in [0.25, 0.3) is 11.4 Å². The second kappa shape index (κ2) is 2.97. The number of aryl methyl sites for hydroxylation is 2. The fraction of sp³-hybridized carbons (Fsp3) is 0.222. The molecular formula is C9H10N4. The van der Waals surface area contributed by atoms with Gasteiger partial charge in [0.25, 0.3) is 0 Å². The van der Waals surface area contributed by atoms with Gasteiger partial charge in [-0.1, -0.05) is 11.3 Å². The van der Waals surface area contributed by atoms with E-state index in [9.17, 15) is 0 Å². The molecule has 0 aliphatic carbocycles. The predicted octanol–water partition coefficient (Wildman–Crippen LogP) is 1.19. The monoisotopic (exact) mass is 174 g/mol. The summed E-state index contributed by atoms with van der Waals surface area (Å²) < 4.78 is 1.67. The van der Waals surface area contributed by atoms with Crippen molar-refractivity contribution < 1.29 is 0 Å². The summed E-state index contributed by atoms with van der Waals surface area (Å²) in [7, 11) is 1.84. The van der Waals surface area contributed by atoms with Crippen molar-refractivity contribution in [3.8, 4) is 11.4 Å². The van der Waals surface area contributed by atoms with Gasteiger partial charge in [-0.25, -0.2) is 0 Å². The van der Waals surface area contributed by atoms with Crippen molar-refractivity contribution in [2.75, 3.05) is 0 Å². The highest BCUT2D eigenvalue weighted by Gasteiger charge is 2.02. The van der Waals surface area contributed by atoms with Gasteiger partial charge in [0.2, 0.25) is 0 Å². The van der Waals surface area contributed by atoms with Gasteiger partial charge in [-0.05, 0) is 19.1 Å². The van der Waals surface area contributed by atoms with E-state index in [1.165, 1.54) is 0 Å². The largest absolute Gasteiger partial charge is 0.255 e. The maximum atomic E-state index is 4.34. The smallest absolute Gasteiger partial charge is 0.131 e. The zero-order valence-corrected chi connectivity index (χ0v) is 7.60. The van der Waals surface area contributed by atoms with E-state index < -0.39 is 0 Å². The molecule has 2 aromatic rings. The number of pyridine rings is 1. The number of nitrogens with zero attached hydrogens (tertiary/aromatic N) is 4. The Morgan fingerprint density at radius 1 is 1.23 bits per heavy atom. The fourth-order valence-electron chi connectivity index (χ4n) is 1.15. The molecule has 2 rings (SSSR count). The van der Waals surface area contributed by atoms with Crippen LogP contribution in [0.3, 0.4) is 0 Å². The summed E-state index contributed by atoms with van der Waals surface area (Å²) in [4.78, 5) is 4.34. The van der Waals surface area contributed by atoms with Crippen LogP contribution >= 0.6 is 0 Å². The van der Waals surface area contributed by atoms with E-state index in [0.717, 1.165) is 17.1 Å². The molecule has 0 amide bonds. The molecule has 4 nitrogen and oxygen atoms in total. The van der Waals surface area contributed by atoms with Crippen LogP contribution in [-0.2, 0) is 7.05 Å². The minimum absolute atomic E-state index is 0.811. The van der Waals surface area contributed by atoms with Crippen LogP contribution in [0, 0.1) is 6.92 Å². The third kappa shape index (κ3) is 1.56. The first-order valence-electron chi connectivity index (χ1n) is 4.06. The summed E-state index contributed by atoms with van der Waals surface area (Å²) in [5, 5.41) is 7.83. The molecule has 0 spiro atoms. The lowest BCUT2D eigenvalue weighted by molar-refractivity contribution is 0.715. The lowest BCUT2D eigenvalue weighted by Gasteiger charge is -1.95. The van der Waals surface area contributed by atoms with Crippen LogP contribution in [-0.4, -0.2) is 20.0 Å². The second-order valence-corrected chi connectivity index (χ2v) is 2.94. The quantitative estimate of drug-likeness (QED) is 0.652. The van der Waals surface area contributed by atoms with E-state index in [0.29, 0.717) is 0 Å². The van der Waals surface area contributed by atoms with Crippen molar-refractivity contribution in [3.05, 3.63) is 30.1 Å². The normalized spacial score (nSPS) is 10.3. The molecule has 0 saturated carbocycles. The van der Waals surface area contributed by atoms with Crippen molar-refractivity contribution in [1.82, 2.24) is 20.0 Å². The average molecular weight is 174 g/mol. The van der Waals surface area contributed by atoms with Gasteiger partial charge in [-0.2, -0.15) is 0 Å². The summed E-state index contributed by atoms with van der Waals surface area (Å²) in [6.07, 6.45) is 1.85. The van der Waals surface area contributed by atoms with E-state index in [-0.39, 0.29) is 0 Å². The number of hydrogen-bond donors (Lipinski definition) is 0. The Labute approximate surface area is 76.2 Å². The zero-order chi connectivity index (χ0) is 9.26. The minimum atomic E-state index is 0.811. The van der Waals surface area contributed by atoms with Crippen LogP contribution in [0.15, 0.2) is 24.4 Å². The molecule has 0 aliphatic rings. The molecule has 4 heteroatoms. The number of aromatic nitrogens is 4. The molecule has 66 valence electrons. The Morgan fingerprint density at radius 3 is 2.69 bits per heavy atom. The fourth-order valence-corrected chi connectivity index (χ4v) is 1.15. The van der Waals surface area contributed by atoms with Crippen LogP contribution < -0.4 is 0 Å². The molecule has 2 aromatic heterocycles. The van der Waals surface area contributed by atoms with E-state index >= 15 is 0 Å². The first-order valence-corrected chi connectivity index (χ1v) is 4.06. The van der Waals surface area contributed by atoms with Crippen LogP contribution in [0.1, 0.15) is 5.69 Å². The average Bonchev–Trinajstić information content (AvgIpc) is 2.52. The van der Waals surface area contributed by atoms with Gasteiger partial charge in [0.1, 0.15) is 5.69 Å². The summed E-state index contributed by atoms with van der Waals surface area (Å²) in [5.74, 6) is 0. The van der Waals surface area contributed by atoms with E-state index in [4.69, 9.17) is 0 Å². The van der Waals surface area contributed by atoms with Crippen molar-refractivity contribution in [3.63, 3.8) is 0 Å². The minimum Gasteiger partial charge on any atom is -0.255 e. The first-order chi connectivity index (χ1) is 6.25. The van der Waals surface area contributed by atoms with E-state index in [1.54, 1.807) is 4.68 Å². The lowest BCUT2D eigenvalue weighted by atomic mass is 10.2. The Balaban J connectivity index is 2.46. The standard InChI is InChI=1S/C9H10N4/c1-7-4-3-5-8(10-7)9-6-13(2)12-11-9/h3-6H,1-2H3. The van der Waals surface area contributed by atoms with Gasteiger partial charge in [0.05, 0.1) is 11.9 Å². The van der Waals surface area contributed by atoms with Crippen molar-refractivity contribution in [1.29, 1.82) is 0 Å². The maximum Gasteiger partial charge on any atom is 0.131 e. The Kier molecular flexibility index (Phi) is 1.81. The molecule has 0 unspecified atom stereocenters. The molecule has 0 bridgehead atoms. The maximum absolute atomic E-state index is 4.34. The van der Waals surface area contributed by atoms with Gasteiger partial charge in [0.15, 0.2) is 0 Å². The van der Waals surface area contributed by atoms with Crippen molar-refractivity contribution in [2.45, 2.75) is 6.92 Å². The molecule has 0 fully saturated rings. The molecule has 0 saturated heterocycles. The van der Waals surface area contributed by atoms with Gasteiger partial charge in [-0.3, -0.25) is 9.67 Å². The molecular weight excluding hydrogens is 164 g/mol. The zero-order valence-electron chi connectivity index (χ0n) is 7.60. The highest BCUT2D eigenvalue weighted by atomic mass is 15.4. The van der Waals surface area contributed by atoms with Gasteiger partial charge in [-0.15, -0.1) is 5.10 Å². The Morgan fingerprint density at radius 2 is 2.08 bits per heavy atom. The summed E-state index contributed by atoms with van der Waals surface area (Å²) in [5.41, 5.74) is 2.67. The Hall–Kier alpha value is -1.71. The highest BCUT2D eigenvalue weighted by Crippen LogP contribution is 2.12. The summed E-state index contributed by atoms with van der Waals surface area (Å²) >= 11 is 0. The SMILES string of the molecule is Cc1cccc(-c2cn(C)nn2)n1. The van der Waals surface area contributed by atoms with Crippen LogP contribution in [0.2, 0.25) is 0 Å². The van der Waals surface area contributed by atoms with Gasteiger partial charge < -0.3 is 0 Å². The van der Waals surface area contributed by atoms with Crippen molar-refractivity contribution >= 4 is 0 Å². The lowest BCUT2D eigenvalue weighted by Crippen LogP contribution is -1.85. The highest BCUT2D eigenvalue weighted by molar-refractivity contribution is 5.51. The van der Waals surface area contributed by atoms with Crippen molar-refractivity contribution in [2.24, 2.45) is 7.05 Å². The molecule has 0 aromatic carbocycles. The Bertz CT molecular complexity index is 419. The van der Waals surface area contributed by atoms with Crippen LogP contribution in [0.4, 0.5) is 0 Å².